The van der Waals surface area contributed by atoms with Crippen molar-refractivity contribution in [1.82, 2.24) is 14.8 Å². The summed E-state index contributed by atoms with van der Waals surface area (Å²) >= 11 is 0. The predicted octanol–water partition coefficient (Wildman–Crippen LogP) is 4.28. The Bertz CT molecular complexity index is 1080. The first-order chi connectivity index (χ1) is 12.8. The number of para-hydroxylation sites is 1. The monoisotopic (exact) mass is 340 g/mol. The third kappa shape index (κ3) is 2.37. The predicted molar refractivity (Wildman–Crippen MR) is 104 cm³/mol. The zero-order valence-corrected chi connectivity index (χ0v) is 14.5. The van der Waals surface area contributed by atoms with E-state index in [9.17, 15) is 0 Å². The molecule has 1 aliphatic carbocycles. The van der Waals surface area contributed by atoms with Crippen LogP contribution >= 0.6 is 0 Å². The van der Waals surface area contributed by atoms with Gasteiger partial charge in [-0.15, -0.1) is 0 Å². The molecule has 2 aromatic carbocycles. The van der Waals surface area contributed by atoms with Gasteiger partial charge in [0, 0.05) is 17.5 Å². The number of nitrogens with zero attached hydrogens (tertiary/aromatic N) is 3. The van der Waals surface area contributed by atoms with E-state index in [4.69, 9.17) is 10.8 Å². The van der Waals surface area contributed by atoms with Gasteiger partial charge in [-0.25, -0.2) is 9.67 Å². The van der Waals surface area contributed by atoms with Crippen LogP contribution in [0.25, 0.3) is 16.6 Å². The van der Waals surface area contributed by atoms with E-state index >= 15 is 0 Å². The van der Waals surface area contributed by atoms with Crippen LogP contribution in [0.15, 0.2) is 66.9 Å². The highest BCUT2D eigenvalue weighted by atomic mass is 15.3. The van der Waals surface area contributed by atoms with E-state index in [1.165, 1.54) is 11.1 Å². The van der Waals surface area contributed by atoms with Crippen LogP contribution in [-0.2, 0) is 12.8 Å². The summed E-state index contributed by atoms with van der Waals surface area (Å²) in [5.74, 6) is 0.931. The molecule has 0 bridgehead atoms. The van der Waals surface area contributed by atoms with E-state index in [2.05, 4.69) is 41.4 Å². The van der Waals surface area contributed by atoms with Crippen LogP contribution in [0.4, 0.5) is 5.82 Å². The average Bonchev–Trinajstić information content (AvgIpc) is 3.09. The van der Waals surface area contributed by atoms with Crippen molar-refractivity contribution < 1.29 is 0 Å². The van der Waals surface area contributed by atoms with Crippen molar-refractivity contribution in [2.45, 2.75) is 25.2 Å². The van der Waals surface area contributed by atoms with Crippen LogP contribution in [0, 0.1) is 0 Å². The average molecular weight is 340 g/mol. The Morgan fingerprint density at radius 1 is 0.923 bits per heavy atom. The molecule has 4 aromatic rings. The van der Waals surface area contributed by atoms with Gasteiger partial charge in [-0.1, -0.05) is 42.5 Å². The first-order valence-electron chi connectivity index (χ1n) is 9.06. The summed E-state index contributed by atoms with van der Waals surface area (Å²) in [4.78, 5) is 4.30. The minimum absolute atomic E-state index is 0.402. The second kappa shape index (κ2) is 5.99. The van der Waals surface area contributed by atoms with Gasteiger partial charge in [-0.2, -0.15) is 5.10 Å². The summed E-state index contributed by atoms with van der Waals surface area (Å²) in [6.45, 7) is 0. The first-order valence-corrected chi connectivity index (χ1v) is 9.06. The third-order valence-corrected chi connectivity index (χ3v) is 5.38. The Kier molecular flexibility index (Phi) is 3.49. The van der Waals surface area contributed by atoms with Crippen LogP contribution in [0.5, 0.6) is 0 Å². The number of nitrogen functional groups attached to an aromatic ring is 1. The smallest absolute Gasteiger partial charge is 0.150 e. The molecule has 0 saturated carbocycles. The number of anilines is 1. The lowest BCUT2D eigenvalue weighted by Gasteiger charge is -2.23. The van der Waals surface area contributed by atoms with Crippen molar-refractivity contribution in [3.63, 3.8) is 0 Å². The molecule has 4 nitrogen and oxygen atoms in total. The van der Waals surface area contributed by atoms with Crippen molar-refractivity contribution in [2.24, 2.45) is 0 Å². The number of hydrogen-bond donors (Lipinski definition) is 1. The van der Waals surface area contributed by atoms with Gasteiger partial charge in [-0.05, 0) is 48.6 Å². The second-order valence-corrected chi connectivity index (χ2v) is 6.93. The van der Waals surface area contributed by atoms with E-state index in [0.717, 1.165) is 41.5 Å². The van der Waals surface area contributed by atoms with Crippen molar-refractivity contribution in [2.75, 3.05) is 5.73 Å². The van der Waals surface area contributed by atoms with E-state index in [1.54, 1.807) is 6.20 Å². The molecular formula is C22H20N4. The van der Waals surface area contributed by atoms with Crippen LogP contribution < -0.4 is 5.73 Å². The Morgan fingerprint density at radius 2 is 1.69 bits per heavy atom. The zero-order chi connectivity index (χ0) is 17.5. The number of rotatable bonds is 2. The summed E-state index contributed by atoms with van der Waals surface area (Å²) in [5, 5.41) is 6.13. The summed E-state index contributed by atoms with van der Waals surface area (Å²) in [6, 6.07) is 21.0. The molecule has 1 unspecified atom stereocenters. The lowest BCUT2D eigenvalue weighted by Crippen LogP contribution is -2.13. The Hall–Kier alpha value is -3.14. The maximum Gasteiger partial charge on any atom is 0.150 e. The van der Waals surface area contributed by atoms with Crippen LogP contribution in [0.2, 0.25) is 0 Å². The highest BCUT2D eigenvalue weighted by Gasteiger charge is 2.26. The largest absolute Gasteiger partial charge is 0.382 e. The molecule has 0 spiro atoms. The minimum atomic E-state index is 0.402. The normalized spacial score (nSPS) is 16.5. The minimum Gasteiger partial charge on any atom is -0.382 e. The molecule has 1 atom stereocenters. The second-order valence-electron chi connectivity index (χ2n) is 6.93. The van der Waals surface area contributed by atoms with Gasteiger partial charge in [0.15, 0.2) is 0 Å². The highest BCUT2D eigenvalue weighted by molar-refractivity contribution is 5.91. The Labute approximate surface area is 152 Å². The van der Waals surface area contributed by atoms with E-state index in [1.807, 2.05) is 28.9 Å². The molecule has 0 fully saturated rings. The summed E-state index contributed by atoms with van der Waals surface area (Å²) < 4.78 is 1.95. The van der Waals surface area contributed by atoms with Gasteiger partial charge in [0.1, 0.15) is 11.3 Å². The van der Waals surface area contributed by atoms with Crippen LogP contribution in [-0.4, -0.2) is 14.8 Å². The number of nitrogens with two attached hydrogens (primary N) is 1. The SMILES string of the molecule is Nc1nccc2c(C3CCc4ccccc4C3)nn(-c3ccccc3)c12. The number of hydrogen-bond acceptors (Lipinski definition) is 3. The highest BCUT2D eigenvalue weighted by Crippen LogP contribution is 2.37. The fourth-order valence-electron chi connectivity index (χ4n) is 4.10. The standard InChI is InChI=1S/C22H20N4/c23-22-21-19(12-13-24-22)20(25-26(21)18-8-2-1-3-9-18)17-11-10-15-6-4-5-7-16(15)14-17/h1-9,12-13,17H,10-11,14H2,(H2,23,24). The number of benzene rings is 2. The van der Waals surface area contributed by atoms with Crippen LogP contribution in [0.1, 0.15) is 29.2 Å². The topological polar surface area (TPSA) is 56.7 Å². The fourth-order valence-corrected chi connectivity index (χ4v) is 4.10. The van der Waals surface area contributed by atoms with E-state index in [0.29, 0.717) is 11.7 Å². The lowest BCUT2D eigenvalue weighted by atomic mass is 9.81. The maximum absolute atomic E-state index is 6.24. The molecule has 5 rings (SSSR count). The molecule has 0 saturated heterocycles. The molecule has 2 N–H and O–H groups in total. The molecule has 0 radical (unpaired) electrons. The zero-order valence-electron chi connectivity index (χ0n) is 14.5. The molecule has 2 heterocycles. The van der Waals surface area contributed by atoms with Crippen molar-refractivity contribution >= 4 is 16.7 Å². The Balaban J connectivity index is 1.67. The molecular weight excluding hydrogens is 320 g/mol. The van der Waals surface area contributed by atoms with E-state index < -0.39 is 0 Å². The summed E-state index contributed by atoms with van der Waals surface area (Å²) in [7, 11) is 0. The van der Waals surface area contributed by atoms with Crippen LogP contribution in [0.3, 0.4) is 0 Å². The fraction of sp³-hybridized carbons (Fsp3) is 0.182. The summed E-state index contributed by atoms with van der Waals surface area (Å²) in [5.41, 5.74) is 12.2. The quantitative estimate of drug-likeness (QED) is 0.593. The summed E-state index contributed by atoms with van der Waals surface area (Å²) in [6.07, 6.45) is 5.02. The molecule has 0 aliphatic heterocycles. The first kappa shape index (κ1) is 15.1. The van der Waals surface area contributed by atoms with Gasteiger partial charge in [0.25, 0.3) is 0 Å². The number of aryl methyl sites for hydroxylation is 1. The maximum atomic E-state index is 6.24. The van der Waals surface area contributed by atoms with Gasteiger partial charge in [-0.3, -0.25) is 0 Å². The van der Waals surface area contributed by atoms with Gasteiger partial charge in [0.2, 0.25) is 0 Å². The molecule has 26 heavy (non-hydrogen) atoms. The lowest BCUT2D eigenvalue weighted by molar-refractivity contribution is 0.568. The Morgan fingerprint density at radius 3 is 2.54 bits per heavy atom. The van der Waals surface area contributed by atoms with E-state index in [-0.39, 0.29) is 0 Å². The van der Waals surface area contributed by atoms with Gasteiger partial charge < -0.3 is 5.73 Å². The van der Waals surface area contributed by atoms with Gasteiger partial charge >= 0.3 is 0 Å². The third-order valence-electron chi connectivity index (χ3n) is 5.38. The number of fused-ring (bicyclic) bond motifs is 2. The number of aromatic nitrogens is 3. The molecule has 2 aromatic heterocycles. The number of pyridine rings is 1. The van der Waals surface area contributed by atoms with Crippen molar-refractivity contribution in [3.8, 4) is 5.69 Å². The van der Waals surface area contributed by atoms with Crippen molar-refractivity contribution in [1.29, 1.82) is 0 Å². The van der Waals surface area contributed by atoms with Gasteiger partial charge in [0.05, 0.1) is 11.4 Å². The molecule has 1 aliphatic rings. The van der Waals surface area contributed by atoms with Crippen molar-refractivity contribution in [3.05, 3.63) is 83.7 Å². The molecule has 128 valence electrons. The molecule has 0 amide bonds. The molecule has 4 heteroatoms.